The molecule has 0 N–H and O–H groups in total. The fourth-order valence-corrected chi connectivity index (χ4v) is 2.58. The topological polar surface area (TPSA) is 52.6 Å². The van der Waals surface area contributed by atoms with E-state index in [0.717, 1.165) is 56.9 Å². The van der Waals surface area contributed by atoms with Crippen LogP contribution >= 0.6 is 0 Å². The molecule has 26 heavy (non-hydrogen) atoms. The first kappa shape index (κ1) is 21.9. The summed E-state index contributed by atoms with van der Waals surface area (Å²) in [4.78, 5) is 24.8. The summed E-state index contributed by atoms with van der Waals surface area (Å²) in [5, 5.41) is 0. The number of esters is 2. The third-order valence-electron chi connectivity index (χ3n) is 4.18. The van der Waals surface area contributed by atoms with E-state index >= 15 is 0 Å². The first-order chi connectivity index (χ1) is 12.6. The summed E-state index contributed by atoms with van der Waals surface area (Å²) in [5.74, 6) is -0.960. The lowest BCUT2D eigenvalue weighted by Crippen LogP contribution is -2.15. The molecule has 0 amide bonds. The molecule has 0 aliphatic rings. The maximum Gasteiger partial charge on any atom is 0.339 e. The molecule has 0 atom stereocenters. The highest BCUT2D eigenvalue weighted by atomic mass is 16.5. The maximum atomic E-state index is 12.4. The van der Waals surface area contributed by atoms with Gasteiger partial charge in [-0.2, -0.15) is 0 Å². The van der Waals surface area contributed by atoms with E-state index in [9.17, 15) is 9.59 Å². The molecule has 0 aliphatic heterocycles. The number of hydrogen-bond donors (Lipinski definition) is 0. The average Bonchev–Trinajstić information content (AvgIpc) is 2.66. The number of rotatable bonds is 13. The van der Waals surface area contributed by atoms with Gasteiger partial charge in [0.15, 0.2) is 0 Å². The van der Waals surface area contributed by atoms with Crippen molar-refractivity contribution in [1.82, 2.24) is 0 Å². The van der Waals surface area contributed by atoms with Crippen LogP contribution in [-0.2, 0) is 9.47 Å². The van der Waals surface area contributed by atoms with Crippen molar-refractivity contribution in [1.29, 1.82) is 0 Å². The van der Waals surface area contributed by atoms with Gasteiger partial charge in [-0.05, 0) is 30.5 Å². The van der Waals surface area contributed by atoms with E-state index in [0.29, 0.717) is 13.2 Å². The standard InChI is InChI=1S/C22H32O4/c1-4-7-9-11-15-25-21(23)19-14-13-18(6-3)17-20(19)22(24)26-16-12-10-8-5-2/h6,13-14,17H,3-5,7-12,15-16H2,1-2H3. The fourth-order valence-electron chi connectivity index (χ4n) is 2.58. The second-order valence-corrected chi connectivity index (χ2v) is 6.40. The second kappa shape index (κ2) is 13.2. The number of carbonyl (C=O) groups excluding carboxylic acids is 2. The van der Waals surface area contributed by atoms with E-state index in [1.165, 1.54) is 0 Å². The van der Waals surface area contributed by atoms with Crippen LogP contribution < -0.4 is 0 Å². The van der Waals surface area contributed by atoms with Crippen LogP contribution in [0, 0.1) is 0 Å². The van der Waals surface area contributed by atoms with Gasteiger partial charge >= 0.3 is 11.9 Å². The van der Waals surface area contributed by atoms with E-state index in [1.807, 2.05) is 0 Å². The van der Waals surface area contributed by atoms with Crippen molar-refractivity contribution in [2.75, 3.05) is 13.2 Å². The molecule has 1 aromatic rings. The Balaban J connectivity index is 2.70. The molecule has 144 valence electrons. The van der Waals surface area contributed by atoms with Crippen molar-refractivity contribution in [3.05, 3.63) is 41.5 Å². The fraction of sp³-hybridized carbons (Fsp3) is 0.545. The minimum absolute atomic E-state index is 0.247. The zero-order chi connectivity index (χ0) is 19.2. The largest absolute Gasteiger partial charge is 0.462 e. The molecule has 4 nitrogen and oxygen atoms in total. The molecule has 0 heterocycles. The summed E-state index contributed by atoms with van der Waals surface area (Å²) in [5.41, 5.74) is 1.27. The van der Waals surface area contributed by atoms with Gasteiger partial charge < -0.3 is 9.47 Å². The van der Waals surface area contributed by atoms with Crippen LogP contribution in [0.25, 0.3) is 6.08 Å². The highest BCUT2D eigenvalue weighted by molar-refractivity contribution is 6.03. The van der Waals surface area contributed by atoms with Gasteiger partial charge in [0.2, 0.25) is 0 Å². The first-order valence-electron chi connectivity index (χ1n) is 9.74. The van der Waals surface area contributed by atoms with Crippen molar-refractivity contribution >= 4 is 18.0 Å². The van der Waals surface area contributed by atoms with Crippen molar-refractivity contribution < 1.29 is 19.1 Å². The van der Waals surface area contributed by atoms with E-state index in [2.05, 4.69) is 20.4 Å². The van der Waals surface area contributed by atoms with Gasteiger partial charge in [0.1, 0.15) is 0 Å². The van der Waals surface area contributed by atoms with Gasteiger partial charge in [0, 0.05) is 0 Å². The predicted octanol–water partition coefficient (Wildman–Crippen LogP) is 5.80. The molecule has 1 aromatic carbocycles. The second-order valence-electron chi connectivity index (χ2n) is 6.40. The summed E-state index contributed by atoms with van der Waals surface area (Å²) < 4.78 is 10.7. The number of benzene rings is 1. The van der Waals surface area contributed by atoms with Crippen LogP contribution in [0.4, 0.5) is 0 Å². The Morgan fingerprint density at radius 2 is 1.38 bits per heavy atom. The van der Waals surface area contributed by atoms with Gasteiger partial charge in [-0.1, -0.05) is 71.1 Å². The number of hydrogen-bond acceptors (Lipinski definition) is 4. The molecule has 0 saturated heterocycles. The van der Waals surface area contributed by atoms with Gasteiger partial charge in [0.25, 0.3) is 0 Å². The third kappa shape index (κ3) is 7.85. The molecule has 0 aliphatic carbocycles. The molecule has 0 spiro atoms. The summed E-state index contributed by atoms with van der Waals surface area (Å²) >= 11 is 0. The Labute approximate surface area is 157 Å². The van der Waals surface area contributed by atoms with Gasteiger partial charge in [0.05, 0.1) is 24.3 Å². The molecular weight excluding hydrogens is 328 g/mol. The summed E-state index contributed by atoms with van der Waals surface area (Å²) in [6.45, 7) is 8.71. The minimum Gasteiger partial charge on any atom is -0.462 e. The van der Waals surface area contributed by atoms with Crippen molar-refractivity contribution in [3.8, 4) is 0 Å². The molecule has 1 rings (SSSR count). The molecule has 4 heteroatoms. The predicted molar refractivity (Wildman–Crippen MR) is 105 cm³/mol. The zero-order valence-electron chi connectivity index (χ0n) is 16.2. The highest BCUT2D eigenvalue weighted by Crippen LogP contribution is 2.17. The minimum atomic E-state index is -0.483. The molecule has 0 bridgehead atoms. The van der Waals surface area contributed by atoms with Crippen LogP contribution in [0.5, 0.6) is 0 Å². The molecule has 0 aromatic heterocycles. The van der Waals surface area contributed by atoms with E-state index in [4.69, 9.17) is 9.47 Å². The van der Waals surface area contributed by atoms with Gasteiger partial charge in [-0.25, -0.2) is 9.59 Å². The monoisotopic (exact) mass is 360 g/mol. The summed E-state index contributed by atoms with van der Waals surface area (Å²) in [7, 11) is 0. The highest BCUT2D eigenvalue weighted by Gasteiger charge is 2.19. The van der Waals surface area contributed by atoms with Crippen LogP contribution in [-0.4, -0.2) is 25.2 Å². The Hall–Kier alpha value is -2.10. The molecule has 0 radical (unpaired) electrons. The molecule has 0 saturated carbocycles. The van der Waals surface area contributed by atoms with E-state index < -0.39 is 11.9 Å². The lowest BCUT2D eigenvalue weighted by atomic mass is 10.0. The zero-order valence-corrected chi connectivity index (χ0v) is 16.2. The van der Waals surface area contributed by atoms with Crippen LogP contribution in [0.2, 0.25) is 0 Å². The van der Waals surface area contributed by atoms with Crippen LogP contribution in [0.15, 0.2) is 24.8 Å². The Kier molecular flexibility index (Phi) is 11.1. The van der Waals surface area contributed by atoms with Gasteiger partial charge in [-0.3, -0.25) is 0 Å². The molecule has 0 unspecified atom stereocenters. The van der Waals surface area contributed by atoms with Crippen molar-refractivity contribution in [3.63, 3.8) is 0 Å². The Bertz CT molecular complexity index is 578. The van der Waals surface area contributed by atoms with E-state index in [-0.39, 0.29) is 11.1 Å². The molecule has 0 fully saturated rings. The number of unbranched alkanes of at least 4 members (excludes halogenated alkanes) is 6. The SMILES string of the molecule is C=Cc1ccc(C(=O)OCCCCCC)c(C(=O)OCCCCCC)c1. The van der Waals surface area contributed by atoms with Crippen molar-refractivity contribution in [2.24, 2.45) is 0 Å². The van der Waals surface area contributed by atoms with E-state index in [1.54, 1.807) is 24.3 Å². The van der Waals surface area contributed by atoms with Crippen molar-refractivity contribution in [2.45, 2.75) is 65.2 Å². The number of carbonyl (C=O) groups is 2. The Morgan fingerprint density at radius 3 is 1.88 bits per heavy atom. The smallest absolute Gasteiger partial charge is 0.339 e. The van der Waals surface area contributed by atoms with Crippen LogP contribution in [0.3, 0.4) is 0 Å². The summed E-state index contributed by atoms with van der Waals surface area (Å²) in [6, 6.07) is 4.99. The third-order valence-corrected chi connectivity index (χ3v) is 4.18. The van der Waals surface area contributed by atoms with Crippen LogP contribution in [0.1, 0.15) is 91.5 Å². The lowest BCUT2D eigenvalue weighted by molar-refractivity contribution is 0.0450. The first-order valence-corrected chi connectivity index (χ1v) is 9.74. The summed E-state index contributed by atoms with van der Waals surface area (Å²) in [6.07, 6.45) is 9.88. The lowest BCUT2D eigenvalue weighted by Gasteiger charge is -2.11. The maximum absolute atomic E-state index is 12.4. The average molecular weight is 360 g/mol. The quantitative estimate of drug-likeness (QED) is 0.329. The Morgan fingerprint density at radius 1 is 0.846 bits per heavy atom. The number of ether oxygens (including phenoxy) is 2. The molecular formula is C22H32O4. The van der Waals surface area contributed by atoms with Gasteiger partial charge in [-0.15, -0.1) is 0 Å². The normalized spacial score (nSPS) is 10.4.